The Balaban J connectivity index is 0.00000289. The van der Waals surface area contributed by atoms with Crippen molar-refractivity contribution in [1.82, 2.24) is 0 Å². The second kappa shape index (κ2) is 11.8. The first-order chi connectivity index (χ1) is 14.8. The molecule has 1 aromatic heterocycles. The number of hydrogen-bond acceptors (Lipinski definition) is 5. The summed E-state index contributed by atoms with van der Waals surface area (Å²) in [4.78, 5) is 12.0. The van der Waals surface area contributed by atoms with Gasteiger partial charge in [-0.3, -0.25) is 4.55 Å². The quantitative estimate of drug-likeness (QED) is 0.192. The second-order valence-corrected chi connectivity index (χ2v) is 8.82. The van der Waals surface area contributed by atoms with E-state index in [1.165, 1.54) is 6.07 Å². The van der Waals surface area contributed by atoms with Crippen molar-refractivity contribution >= 4 is 21.1 Å². The first-order valence-corrected chi connectivity index (χ1v) is 11.2. The molecular weight excluding hydrogens is 462 g/mol. The Morgan fingerprint density at radius 3 is 1.85 bits per heavy atom. The fourth-order valence-electron chi connectivity index (χ4n) is 3.83. The van der Waals surface area contributed by atoms with E-state index in [1.54, 1.807) is 0 Å². The Morgan fingerprint density at radius 2 is 1.33 bits per heavy atom. The number of phenols is 1. The van der Waals surface area contributed by atoms with Gasteiger partial charge in [0.1, 0.15) is 17.1 Å². The number of hydrogen-bond donors (Lipinski definition) is 2. The van der Waals surface area contributed by atoms with Gasteiger partial charge in [0.15, 0.2) is 0 Å². The van der Waals surface area contributed by atoms with Crippen molar-refractivity contribution < 1.29 is 84.5 Å². The third kappa shape index (κ3) is 7.04. The van der Waals surface area contributed by atoms with E-state index in [2.05, 4.69) is 0 Å². The van der Waals surface area contributed by atoms with Crippen LogP contribution in [0.3, 0.4) is 0 Å². The van der Waals surface area contributed by atoms with Gasteiger partial charge in [-0.25, -0.2) is 4.79 Å². The van der Waals surface area contributed by atoms with Crippen LogP contribution in [0.15, 0.2) is 82.0 Å². The summed E-state index contributed by atoms with van der Waals surface area (Å²) in [5.74, 6) is -0.777. The molecule has 6 nitrogen and oxygen atoms in total. The van der Waals surface area contributed by atoms with Gasteiger partial charge in [0.25, 0.3) is 10.1 Å². The summed E-state index contributed by atoms with van der Waals surface area (Å²) in [5.41, 5.74) is 2.60. The average molecular weight is 484 g/mol. The first kappa shape index (κ1) is 27.8. The molecule has 0 saturated heterocycles. The molecule has 0 amide bonds. The largest absolute Gasteiger partial charge is 1.00 e. The zero-order valence-corrected chi connectivity index (χ0v) is 23.3. The monoisotopic (exact) mass is 484 g/mol. The third-order valence-electron chi connectivity index (χ3n) is 5.10. The molecule has 4 aromatic rings. The van der Waals surface area contributed by atoms with Crippen molar-refractivity contribution in [3.63, 3.8) is 0 Å². The summed E-state index contributed by atoms with van der Waals surface area (Å²) in [6, 6.07) is 21.5. The van der Waals surface area contributed by atoms with Crippen LogP contribution in [0, 0.1) is 0 Å². The fraction of sp³-hybridized carbons (Fsp3) is 0.125. The van der Waals surface area contributed by atoms with Crippen LogP contribution in [0.2, 0.25) is 0 Å². The van der Waals surface area contributed by atoms with E-state index in [0.29, 0.717) is 29.4 Å². The van der Waals surface area contributed by atoms with Gasteiger partial charge in [-0.05, 0) is 28.7 Å². The van der Waals surface area contributed by atoms with E-state index < -0.39 is 21.5 Å². The minimum Gasteiger partial charge on any atom is -1.00 e. The van der Waals surface area contributed by atoms with Gasteiger partial charge in [-0.1, -0.05) is 60.7 Å². The van der Waals surface area contributed by atoms with Gasteiger partial charge in [0.05, 0.1) is 0 Å². The fourth-order valence-corrected chi connectivity index (χ4v) is 4.45. The van der Waals surface area contributed by atoms with Gasteiger partial charge in [0, 0.05) is 29.5 Å². The van der Waals surface area contributed by atoms with E-state index in [4.69, 9.17) is 4.42 Å². The van der Waals surface area contributed by atoms with Gasteiger partial charge in [-0.2, -0.15) is 8.42 Å². The van der Waals surface area contributed by atoms with Crippen LogP contribution < -0.4 is 64.7 Å². The molecule has 1 heterocycles. The number of aromatic hydroxyl groups is 1. The molecule has 162 valence electrons. The van der Waals surface area contributed by atoms with E-state index in [9.17, 15) is 22.9 Å². The molecule has 0 aliphatic rings. The smallest absolute Gasteiger partial charge is 1.00 e. The summed E-state index contributed by atoms with van der Waals surface area (Å²) < 4.78 is 38.0. The zero-order valence-electron chi connectivity index (χ0n) is 20.5. The first-order valence-electron chi connectivity index (χ1n) is 9.63. The average Bonchev–Trinajstić information content (AvgIpc) is 2.70. The van der Waals surface area contributed by atoms with Crippen molar-refractivity contribution in [2.75, 3.05) is 0 Å². The zero-order chi connectivity index (χ0) is 22.0. The van der Waals surface area contributed by atoms with Crippen LogP contribution in [-0.4, -0.2) is 18.1 Å². The molecule has 0 atom stereocenters. The Labute approximate surface area is 239 Å². The predicted molar refractivity (Wildman–Crippen MR) is 120 cm³/mol. The molecule has 33 heavy (non-hydrogen) atoms. The standard InChI is InChI=1S/C24H20O6S.2Na.2H/c25-21-14-22-24(18(13-23(26)30-22)15-31(27,28)29)20(12-17-9-5-2-6-10-17)19(21)11-16-7-3-1-4-8-16;;;;/h1-10,13-14,25H,11-12,15H2,(H,27,28,29);;;;/q;2*+1;2*-1. The molecule has 0 saturated carbocycles. The van der Waals surface area contributed by atoms with Crippen molar-refractivity contribution in [2.24, 2.45) is 0 Å². The van der Waals surface area contributed by atoms with E-state index in [1.807, 2.05) is 60.7 Å². The maximum Gasteiger partial charge on any atom is 1.00 e. The van der Waals surface area contributed by atoms with Crippen LogP contribution in [-0.2, 0) is 28.7 Å². The molecule has 0 aliphatic heterocycles. The molecule has 3 aromatic carbocycles. The van der Waals surface area contributed by atoms with Crippen LogP contribution in [0.1, 0.15) is 30.7 Å². The SMILES string of the molecule is O=c1cc(CS(=O)(=O)O)c2c(Cc3ccccc3)c(Cc3ccccc3)c(O)cc2o1.[H-].[H-].[Na+].[Na+]. The summed E-state index contributed by atoms with van der Waals surface area (Å²) >= 11 is 0. The summed E-state index contributed by atoms with van der Waals surface area (Å²) in [7, 11) is -4.40. The van der Waals surface area contributed by atoms with E-state index in [0.717, 1.165) is 17.2 Å². The Morgan fingerprint density at radius 1 is 0.818 bits per heavy atom. The number of benzene rings is 3. The van der Waals surface area contributed by atoms with Gasteiger partial charge in [0.2, 0.25) is 0 Å². The van der Waals surface area contributed by atoms with Crippen molar-refractivity contribution in [2.45, 2.75) is 18.6 Å². The molecule has 0 radical (unpaired) electrons. The topological polar surface area (TPSA) is 105 Å². The van der Waals surface area contributed by atoms with Crippen LogP contribution in [0.5, 0.6) is 5.75 Å². The minimum absolute atomic E-state index is 0. The molecule has 4 rings (SSSR count). The predicted octanol–water partition coefficient (Wildman–Crippen LogP) is -1.70. The Bertz CT molecular complexity index is 1410. The van der Waals surface area contributed by atoms with Gasteiger partial charge in [-0.15, -0.1) is 0 Å². The van der Waals surface area contributed by atoms with Crippen molar-refractivity contribution in [3.05, 3.63) is 111 Å². The maximum atomic E-state index is 12.0. The molecule has 0 spiro atoms. The van der Waals surface area contributed by atoms with Crippen LogP contribution >= 0.6 is 0 Å². The normalized spacial score (nSPS) is 10.9. The van der Waals surface area contributed by atoms with Gasteiger partial charge >= 0.3 is 64.7 Å². The number of phenolic OH excluding ortho intramolecular Hbond substituents is 1. The maximum absolute atomic E-state index is 12.0. The van der Waals surface area contributed by atoms with Crippen LogP contribution in [0.4, 0.5) is 0 Å². The minimum atomic E-state index is -4.40. The van der Waals surface area contributed by atoms with Crippen molar-refractivity contribution in [1.29, 1.82) is 0 Å². The second-order valence-electron chi connectivity index (χ2n) is 7.37. The molecule has 0 bridgehead atoms. The summed E-state index contributed by atoms with van der Waals surface area (Å²) in [6.45, 7) is 0. The van der Waals surface area contributed by atoms with Gasteiger partial charge < -0.3 is 12.4 Å². The van der Waals surface area contributed by atoms with Crippen LogP contribution in [0.25, 0.3) is 11.0 Å². The number of fused-ring (bicyclic) bond motifs is 1. The molecule has 9 heteroatoms. The summed E-state index contributed by atoms with van der Waals surface area (Å²) in [5, 5.41) is 11.2. The molecule has 0 fully saturated rings. The molecule has 0 unspecified atom stereocenters. The molecular formula is C24H22Na2O6S. The molecule has 0 aliphatic carbocycles. The summed E-state index contributed by atoms with van der Waals surface area (Å²) in [6.07, 6.45) is 0.773. The Kier molecular flexibility index (Phi) is 9.96. The van der Waals surface area contributed by atoms with E-state index in [-0.39, 0.29) is 78.9 Å². The van der Waals surface area contributed by atoms with E-state index >= 15 is 0 Å². The third-order valence-corrected chi connectivity index (χ3v) is 5.77. The Hall–Kier alpha value is -1.42. The number of rotatable bonds is 6. The van der Waals surface area contributed by atoms with Crippen molar-refractivity contribution in [3.8, 4) is 5.75 Å². The molecule has 2 N–H and O–H groups in total.